The van der Waals surface area contributed by atoms with Crippen molar-refractivity contribution in [1.29, 1.82) is 0 Å². The molecule has 136 valence electrons. The summed E-state index contributed by atoms with van der Waals surface area (Å²) in [7, 11) is 7.15. The maximum atomic E-state index is 5.39. The van der Waals surface area contributed by atoms with Gasteiger partial charge in [0.05, 0.1) is 19.3 Å². The Labute approximate surface area is 153 Å². The van der Waals surface area contributed by atoms with Gasteiger partial charge < -0.3 is 19.7 Å². The van der Waals surface area contributed by atoms with Gasteiger partial charge in [-0.05, 0) is 13.0 Å². The molecule has 1 heterocycles. The summed E-state index contributed by atoms with van der Waals surface area (Å²) < 4.78 is 10.7. The summed E-state index contributed by atoms with van der Waals surface area (Å²) in [6.07, 6.45) is 0.0204. The number of thiazole rings is 1. The lowest BCUT2D eigenvalue weighted by Gasteiger charge is -2.21. The average Bonchev–Trinajstić information content (AvgIpc) is 3.10. The molecular weight excluding hydrogens is 336 g/mol. The fourth-order valence-corrected chi connectivity index (χ4v) is 3.25. The second kappa shape index (κ2) is 9.39. The Morgan fingerprint density at radius 2 is 2.12 bits per heavy atom. The summed E-state index contributed by atoms with van der Waals surface area (Å²) in [4.78, 5) is 11.0. The Kier molecular flexibility index (Phi) is 7.21. The van der Waals surface area contributed by atoms with Gasteiger partial charge in [-0.25, -0.2) is 4.98 Å². The van der Waals surface area contributed by atoms with Crippen LogP contribution in [0.4, 0.5) is 0 Å². The number of benzene rings is 1. The van der Waals surface area contributed by atoms with E-state index in [0.717, 1.165) is 28.0 Å². The number of aromatic nitrogens is 1. The third-order valence-electron chi connectivity index (χ3n) is 3.87. The van der Waals surface area contributed by atoms with Crippen LogP contribution in [0.25, 0.3) is 0 Å². The van der Waals surface area contributed by atoms with Crippen LogP contribution in [0.15, 0.2) is 34.6 Å². The lowest BCUT2D eigenvalue weighted by molar-refractivity contribution is 0.119. The molecule has 0 aliphatic rings. The normalized spacial score (nSPS) is 12.8. The number of aliphatic imine (C=N–C) groups is 1. The van der Waals surface area contributed by atoms with Crippen molar-refractivity contribution < 1.29 is 9.47 Å². The van der Waals surface area contributed by atoms with Crippen molar-refractivity contribution in [2.24, 2.45) is 4.99 Å². The first-order valence-corrected chi connectivity index (χ1v) is 8.97. The minimum absolute atomic E-state index is 0.0204. The fraction of sp³-hybridized carbons (Fsp3) is 0.444. The lowest BCUT2D eigenvalue weighted by atomic mass is 10.2. The van der Waals surface area contributed by atoms with Crippen molar-refractivity contribution in [2.75, 3.05) is 28.3 Å². The summed E-state index contributed by atoms with van der Waals surface area (Å²) in [6, 6.07) is 7.96. The Hall–Kier alpha value is -2.12. The predicted molar refractivity (Wildman–Crippen MR) is 102 cm³/mol. The van der Waals surface area contributed by atoms with Crippen molar-refractivity contribution in [2.45, 2.75) is 26.1 Å². The molecule has 7 heteroatoms. The van der Waals surface area contributed by atoms with E-state index < -0.39 is 0 Å². The maximum absolute atomic E-state index is 5.39. The molecule has 1 N–H and O–H groups in total. The van der Waals surface area contributed by atoms with Gasteiger partial charge >= 0.3 is 0 Å². The molecule has 2 aromatic rings. The molecule has 0 bridgehead atoms. The Morgan fingerprint density at radius 3 is 2.80 bits per heavy atom. The molecule has 1 aromatic heterocycles. The molecule has 0 spiro atoms. The van der Waals surface area contributed by atoms with E-state index in [1.807, 2.05) is 43.1 Å². The number of hydrogen-bond donors (Lipinski definition) is 1. The first-order valence-electron chi connectivity index (χ1n) is 8.09. The zero-order chi connectivity index (χ0) is 18.2. The smallest absolute Gasteiger partial charge is 0.194 e. The fourth-order valence-electron chi connectivity index (χ4n) is 2.41. The van der Waals surface area contributed by atoms with Gasteiger partial charge in [-0.2, -0.15) is 0 Å². The lowest BCUT2D eigenvalue weighted by Crippen LogP contribution is -2.38. The molecular formula is C18H26N4O2S. The molecule has 1 unspecified atom stereocenters. The molecule has 0 saturated carbocycles. The van der Waals surface area contributed by atoms with Crippen LogP contribution in [-0.4, -0.2) is 44.2 Å². The van der Waals surface area contributed by atoms with Gasteiger partial charge in [0.1, 0.15) is 16.9 Å². The van der Waals surface area contributed by atoms with E-state index in [1.165, 1.54) is 0 Å². The van der Waals surface area contributed by atoms with Crippen LogP contribution in [-0.2, 0) is 17.8 Å². The van der Waals surface area contributed by atoms with Crippen LogP contribution < -0.4 is 10.1 Å². The van der Waals surface area contributed by atoms with Crippen molar-refractivity contribution in [1.82, 2.24) is 15.2 Å². The number of ether oxygens (including phenoxy) is 2. The first kappa shape index (κ1) is 19.2. The van der Waals surface area contributed by atoms with Crippen LogP contribution >= 0.6 is 11.3 Å². The summed E-state index contributed by atoms with van der Waals surface area (Å²) in [6.45, 7) is 3.32. The molecule has 0 radical (unpaired) electrons. The van der Waals surface area contributed by atoms with Crippen LogP contribution in [0.5, 0.6) is 5.75 Å². The molecule has 1 atom stereocenters. The van der Waals surface area contributed by atoms with Crippen molar-refractivity contribution >= 4 is 17.3 Å². The highest BCUT2D eigenvalue weighted by atomic mass is 32.1. The molecule has 0 fully saturated rings. The highest BCUT2D eigenvalue weighted by molar-refractivity contribution is 7.09. The zero-order valence-electron chi connectivity index (χ0n) is 15.4. The number of nitrogens with zero attached hydrogens (tertiary/aromatic N) is 3. The number of hydrogen-bond acceptors (Lipinski definition) is 5. The SMILES string of the molecule is CN=C(NCc1ccccc1OC)N(C)Cc1csc(C(C)OC)n1. The molecule has 2 rings (SSSR count). The standard InChI is InChI=1S/C18H26N4O2S/c1-13(23-4)17-21-15(12-25-17)11-22(3)18(19-2)20-10-14-8-6-7-9-16(14)24-5/h6-9,12-13H,10-11H2,1-5H3,(H,19,20). The van der Waals surface area contributed by atoms with Gasteiger partial charge in [0.25, 0.3) is 0 Å². The first-order chi connectivity index (χ1) is 12.1. The monoisotopic (exact) mass is 362 g/mol. The van der Waals surface area contributed by atoms with E-state index in [0.29, 0.717) is 13.1 Å². The van der Waals surface area contributed by atoms with Crippen molar-refractivity contribution in [3.05, 3.63) is 45.9 Å². The van der Waals surface area contributed by atoms with Crippen LogP contribution in [0.3, 0.4) is 0 Å². The maximum Gasteiger partial charge on any atom is 0.194 e. The van der Waals surface area contributed by atoms with Crippen molar-refractivity contribution in [3.63, 3.8) is 0 Å². The van der Waals surface area contributed by atoms with Gasteiger partial charge in [-0.3, -0.25) is 4.99 Å². The second-order valence-corrected chi connectivity index (χ2v) is 6.51. The van der Waals surface area contributed by atoms with E-state index >= 15 is 0 Å². The summed E-state index contributed by atoms with van der Waals surface area (Å²) in [5.41, 5.74) is 2.09. The van der Waals surface area contributed by atoms with Crippen LogP contribution in [0.1, 0.15) is 29.3 Å². The molecule has 0 saturated heterocycles. The van der Waals surface area contributed by atoms with E-state index in [1.54, 1.807) is 32.6 Å². The van der Waals surface area contributed by atoms with Gasteiger partial charge in [0.2, 0.25) is 0 Å². The number of nitrogens with one attached hydrogen (secondary N) is 1. The molecule has 0 amide bonds. The number of para-hydroxylation sites is 1. The molecule has 1 aromatic carbocycles. The predicted octanol–water partition coefficient (Wildman–Crippen LogP) is 3.07. The van der Waals surface area contributed by atoms with Crippen LogP contribution in [0, 0.1) is 0 Å². The van der Waals surface area contributed by atoms with E-state index in [2.05, 4.69) is 20.7 Å². The third kappa shape index (κ3) is 5.17. The minimum atomic E-state index is 0.0204. The summed E-state index contributed by atoms with van der Waals surface area (Å²) in [5, 5.41) is 6.42. The van der Waals surface area contributed by atoms with Gasteiger partial charge in [-0.1, -0.05) is 18.2 Å². The molecule has 25 heavy (non-hydrogen) atoms. The van der Waals surface area contributed by atoms with Gasteiger partial charge in [-0.15, -0.1) is 11.3 Å². The zero-order valence-corrected chi connectivity index (χ0v) is 16.3. The quantitative estimate of drug-likeness (QED) is 0.606. The number of methoxy groups -OCH3 is 2. The van der Waals surface area contributed by atoms with Gasteiger partial charge in [0, 0.05) is 38.7 Å². The summed E-state index contributed by atoms with van der Waals surface area (Å²) >= 11 is 1.62. The van der Waals surface area contributed by atoms with E-state index in [9.17, 15) is 0 Å². The van der Waals surface area contributed by atoms with E-state index in [4.69, 9.17) is 9.47 Å². The Balaban J connectivity index is 1.97. The van der Waals surface area contributed by atoms with Crippen molar-refractivity contribution in [3.8, 4) is 5.75 Å². The second-order valence-electron chi connectivity index (χ2n) is 5.62. The highest BCUT2D eigenvalue weighted by Gasteiger charge is 2.13. The molecule has 0 aliphatic heterocycles. The minimum Gasteiger partial charge on any atom is -0.496 e. The number of guanidine groups is 1. The van der Waals surface area contributed by atoms with Crippen LogP contribution in [0.2, 0.25) is 0 Å². The Morgan fingerprint density at radius 1 is 1.36 bits per heavy atom. The number of rotatable bonds is 7. The Bertz CT molecular complexity index is 702. The third-order valence-corrected chi connectivity index (χ3v) is 4.93. The molecule has 0 aliphatic carbocycles. The summed E-state index contributed by atoms with van der Waals surface area (Å²) in [5.74, 6) is 1.67. The molecule has 6 nitrogen and oxygen atoms in total. The topological polar surface area (TPSA) is 59.0 Å². The average molecular weight is 362 g/mol. The van der Waals surface area contributed by atoms with E-state index in [-0.39, 0.29) is 6.10 Å². The highest BCUT2D eigenvalue weighted by Crippen LogP contribution is 2.21. The van der Waals surface area contributed by atoms with Gasteiger partial charge in [0.15, 0.2) is 5.96 Å². The largest absolute Gasteiger partial charge is 0.496 e.